The summed E-state index contributed by atoms with van der Waals surface area (Å²) in [7, 11) is 0. The molecule has 0 bridgehead atoms. The van der Waals surface area contributed by atoms with Gasteiger partial charge in [-0.1, -0.05) is 30.3 Å². The fourth-order valence-corrected chi connectivity index (χ4v) is 2.99. The van der Waals surface area contributed by atoms with Gasteiger partial charge in [0.1, 0.15) is 5.75 Å². The van der Waals surface area contributed by atoms with Gasteiger partial charge in [-0.05, 0) is 57.0 Å². The Morgan fingerprint density at radius 1 is 1.00 bits per heavy atom. The summed E-state index contributed by atoms with van der Waals surface area (Å²) in [6, 6.07) is 18.0. The fraction of sp³-hybridized carbons (Fsp3) is 0.381. The molecular weight excluding hydrogens is 332 g/mol. The molecule has 0 radical (unpaired) electrons. The van der Waals surface area contributed by atoms with Gasteiger partial charge in [0.2, 0.25) is 0 Å². The third-order valence-corrected chi connectivity index (χ3v) is 4.45. The molecule has 2 aromatic rings. The minimum atomic E-state index is -0.219. The number of esters is 1. The van der Waals surface area contributed by atoms with Gasteiger partial charge in [0.05, 0.1) is 5.60 Å². The molecule has 25 heavy (non-hydrogen) atoms. The fourth-order valence-electron chi connectivity index (χ4n) is 2.11. The van der Waals surface area contributed by atoms with Crippen molar-refractivity contribution in [2.75, 3.05) is 6.61 Å². The Morgan fingerprint density at radius 2 is 1.68 bits per heavy atom. The predicted molar refractivity (Wildman–Crippen MR) is 103 cm³/mol. The molecule has 0 amide bonds. The third-order valence-electron chi connectivity index (χ3n) is 3.36. The lowest BCUT2D eigenvalue weighted by molar-refractivity contribution is -0.135. The first kappa shape index (κ1) is 19.5. The molecule has 134 valence electrons. The van der Waals surface area contributed by atoms with Crippen molar-refractivity contribution in [1.82, 2.24) is 0 Å². The molecule has 0 aliphatic rings. The minimum Gasteiger partial charge on any atom is -0.427 e. The minimum absolute atomic E-state index is 0.169. The molecule has 0 spiro atoms. The first-order chi connectivity index (χ1) is 11.9. The molecule has 0 aromatic heterocycles. The van der Waals surface area contributed by atoms with Crippen molar-refractivity contribution in [3.05, 3.63) is 60.2 Å². The van der Waals surface area contributed by atoms with Gasteiger partial charge >= 0.3 is 5.97 Å². The Kier molecular flexibility index (Phi) is 7.53. The zero-order valence-electron chi connectivity index (χ0n) is 15.2. The van der Waals surface area contributed by atoms with E-state index in [1.807, 2.05) is 63.2 Å². The van der Waals surface area contributed by atoms with E-state index in [9.17, 15) is 4.79 Å². The van der Waals surface area contributed by atoms with Crippen LogP contribution in [0.25, 0.3) is 0 Å². The van der Waals surface area contributed by atoms with Crippen molar-refractivity contribution in [2.45, 2.75) is 49.9 Å². The summed E-state index contributed by atoms with van der Waals surface area (Å²) in [6.07, 6.45) is 1.03. The highest BCUT2D eigenvalue weighted by Crippen LogP contribution is 2.23. The highest BCUT2D eigenvalue weighted by molar-refractivity contribution is 7.98. The summed E-state index contributed by atoms with van der Waals surface area (Å²) < 4.78 is 11.0. The summed E-state index contributed by atoms with van der Waals surface area (Å²) in [4.78, 5) is 13.1. The van der Waals surface area contributed by atoms with Crippen LogP contribution in [0.2, 0.25) is 0 Å². The van der Waals surface area contributed by atoms with Crippen LogP contribution in [0.5, 0.6) is 5.75 Å². The molecule has 4 heteroatoms. The molecule has 0 aliphatic heterocycles. The normalized spacial score (nSPS) is 11.3. The maximum Gasteiger partial charge on any atom is 0.311 e. The third kappa shape index (κ3) is 8.23. The van der Waals surface area contributed by atoms with Gasteiger partial charge in [0.15, 0.2) is 0 Å². The van der Waals surface area contributed by atoms with Crippen LogP contribution >= 0.6 is 11.8 Å². The van der Waals surface area contributed by atoms with Crippen molar-refractivity contribution in [3.63, 3.8) is 0 Å². The van der Waals surface area contributed by atoms with Crippen LogP contribution in [0.1, 0.15) is 39.2 Å². The number of benzene rings is 2. The number of hydrogen-bond donors (Lipinski definition) is 0. The molecule has 2 rings (SSSR count). The van der Waals surface area contributed by atoms with E-state index in [0.717, 1.165) is 5.75 Å². The van der Waals surface area contributed by atoms with Gasteiger partial charge in [-0.15, -0.1) is 11.8 Å². The van der Waals surface area contributed by atoms with Crippen molar-refractivity contribution < 1.29 is 14.3 Å². The Balaban J connectivity index is 1.71. The zero-order valence-corrected chi connectivity index (χ0v) is 16.0. The quantitative estimate of drug-likeness (QED) is 0.271. The van der Waals surface area contributed by atoms with Crippen LogP contribution in [-0.2, 0) is 15.3 Å². The molecule has 0 aliphatic carbocycles. The summed E-state index contributed by atoms with van der Waals surface area (Å²) in [5.74, 6) is 1.27. The van der Waals surface area contributed by atoms with E-state index >= 15 is 0 Å². The van der Waals surface area contributed by atoms with E-state index in [-0.39, 0.29) is 11.6 Å². The van der Waals surface area contributed by atoms with Gasteiger partial charge in [0.25, 0.3) is 0 Å². The number of carbonyl (C=O) groups is 1. The predicted octanol–water partition coefficient (Wildman–Crippen LogP) is 5.48. The van der Waals surface area contributed by atoms with Crippen LogP contribution in [0.4, 0.5) is 0 Å². The second kappa shape index (κ2) is 9.64. The Bertz CT molecular complexity index is 645. The Morgan fingerprint density at radius 3 is 2.32 bits per heavy atom. The standard InChI is InChI=1S/C21H26O3S/c1-21(2,3)23-15-7-10-20(22)24-18-13-11-17(12-14-18)16-25-19-8-5-4-6-9-19/h4-6,8-9,11-14H,7,10,15-16H2,1-3H3. The molecule has 0 N–H and O–H groups in total. The molecule has 0 unspecified atom stereocenters. The van der Waals surface area contributed by atoms with E-state index in [0.29, 0.717) is 25.2 Å². The van der Waals surface area contributed by atoms with E-state index in [4.69, 9.17) is 9.47 Å². The summed E-state index contributed by atoms with van der Waals surface area (Å²) in [5, 5.41) is 0. The Labute approximate surface area is 154 Å². The molecular formula is C21H26O3S. The smallest absolute Gasteiger partial charge is 0.311 e. The number of rotatable bonds is 8. The van der Waals surface area contributed by atoms with Crippen molar-refractivity contribution in [3.8, 4) is 5.75 Å². The average molecular weight is 359 g/mol. The van der Waals surface area contributed by atoms with Crippen LogP contribution < -0.4 is 4.74 Å². The number of hydrogen-bond acceptors (Lipinski definition) is 4. The van der Waals surface area contributed by atoms with Crippen LogP contribution in [0.15, 0.2) is 59.5 Å². The van der Waals surface area contributed by atoms with Crippen LogP contribution in [0, 0.1) is 0 Å². The van der Waals surface area contributed by atoms with E-state index in [1.165, 1.54) is 10.5 Å². The molecule has 0 saturated carbocycles. The average Bonchev–Trinajstić information content (AvgIpc) is 2.58. The first-order valence-electron chi connectivity index (χ1n) is 8.54. The highest BCUT2D eigenvalue weighted by atomic mass is 32.2. The monoisotopic (exact) mass is 358 g/mol. The van der Waals surface area contributed by atoms with Crippen molar-refractivity contribution in [1.29, 1.82) is 0 Å². The second-order valence-electron chi connectivity index (χ2n) is 6.78. The van der Waals surface area contributed by atoms with Gasteiger partial charge in [-0.25, -0.2) is 0 Å². The lowest BCUT2D eigenvalue weighted by Crippen LogP contribution is -2.20. The zero-order chi connectivity index (χ0) is 18.1. The lowest BCUT2D eigenvalue weighted by Gasteiger charge is -2.19. The van der Waals surface area contributed by atoms with Gasteiger partial charge < -0.3 is 9.47 Å². The molecule has 0 fully saturated rings. The molecule has 0 heterocycles. The maximum atomic E-state index is 11.9. The van der Waals surface area contributed by atoms with Gasteiger partial charge in [0, 0.05) is 23.7 Å². The van der Waals surface area contributed by atoms with Gasteiger partial charge in [-0.2, -0.15) is 0 Å². The molecule has 2 aromatic carbocycles. The lowest BCUT2D eigenvalue weighted by atomic mass is 10.2. The Hall–Kier alpha value is -1.78. The maximum absolute atomic E-state index is 11.9. The van der Waals surface area contributed by atoms with Gasteiger partial charge in [-0.3, -0.25) is 4.79 Å². The van der Waals surface area contributed by atoms with Crippen molar-refractivity contribution >= 4 is 17.7 Å². The first-order valence-corrected chi connectivity index (χ1v) is 9.52. The summed E-state index contributed by atoms with van der Waals surface area (Å²) in [5.41, 5.74) is 1.03. The van der Waals surface area contributed by atoms with E-state index < -0.39 is 0 Å². The van der Waals surface area contributed by atoms with E-state index in [1.54, 1.807) is 11.8 Å². The number of ether oxygens (including phenoxy) is 2. The van der Waals surface area contributed by atoms with Crippen LogP contribution in [0.3, 0.4) is 0 Å². The summed E-state index contributed by atoms with van der Waals surface area (Å²) in [6.45, 7) is 6.57. The topological polar surface area (TPSA) is 35.5 Å². The highest BCUT2D eigenvalue weighted by Gasteiger charge is 2.11. The molecule has 0 atom stereocenters. The largest absolute Gasteiger partial charge is 0.427 e. The van der Waals surface area contributed by atoms with Crippen LogP contribution in [-0.4, -0.2) is 18.2 Å². The SMILES string of the molecule is CC(C)(C)OCCCC(=O)Oc1ccc(CSc2ccccc2)cc1. The molecule has 0 saturated heterocycles. The summed E-state index contributed by atoms with van der Waals surface area (Å²) >= 11 is 1.79. The van der Waals surface area contributed by atoms with Crippen molar-refractivity contribution in [2.24, 2.45) is 0 Å². The van der Waals surface area contributed by atoms with E-state index in [2.05, 4.69) is 12.1 Å². The molecule has 3 nitrogen and oxygen atoms in total. The second-order valence-corrected chi connectivity index (χ2v) is 7.83. The number of carbonyl (C=O) groups excluding carboxylic acids is 1. The number of thioether (sulfide) groups is 1.